The lowest BCUT2D eigenvalue weighted by atomic mass is 9.87. The van der Waals surface area contributed by atoms with Gasteiger partial charge in [0.1, 0.15) is 17.4 Å². The zero-order chi connectivity index (χ0) is 32.2. The molecule has 44 heavy (non-hydrogen) atoms. The number of hydrogen-bond donors (Lipinski definition) is 4. The van der Waals surface area contributed by atoms with E-state index in [1.807, 2.05) is 0 Å². The van der Waals surface area contributed by atoms with E-state index >= 15 is 0 Å². The molecule has 0 aliphatic carbocycles. The average Bonchev–Trinajstić information content (AvgIpc) is 3.01. The summed E-state index contributed by atoms with van der Waals surface area (Å²) in [4.78, 5) is 33.5. The van der Waals surface area contributed by atoms with Crippen LogP contribution in [-0.2, 0) is 14.3 Å². The number of nitrogens with zero attached hydrogens (tertiary/aromatic N) is 1. The van der Waals surface area contributed by atoms with Crippen molar-refractivity contribution in [3.63, 3.8) is 0 Å². The Bertz CT molecular complexity index is 1350. The molecule has 236 valence electrons. The lowest BCUT2D eigenvalue weighted by Crippen LogP contribution is -2.54. The summed E-state index contributed by atoms with van der Waals surface area (Å²) in [6, 6.07) is 17.9. The molecule has 2 atom stereocenters. The zero-order valence-corrected chi connectivity index (χ0v) is 24.5. The van der Waals surface area contributed by atoms with Crippen LogP contribution in [0.25, 0.3) is 0 Å². The minimum Gasteiger partial charge on any atom is -0.496 e. The Kier molecular flexibility index (Phi) is 12.6. The van der Waals surface area contributed by atoms with E-state index in [9.17, 15) is 13.6 Å². The predicted molar refractivity (Wildman–Crippen MR) is 160 cm³/mol. The van der Waals surface area contributed by atoms with Crippen molar-refractivity contribution in [3.8, 4) is 5.75 Å². The number of amides is 1. The van der Waals surface area contributed by atoms with Crippen LogP contribution in [0.1, 0.15) is 46.7 Å². The highest BCUT2D eigenvalue weighted by Gasteiger charge is 2.31. The van der Waals surface area contributed by atoms with Gasteiger partial charge in [0.25, 0.3) is 5.91 Å². The number of aliphatic carboxylic acids is 2. The molecule has 12 heteroatoms. The summed E-state index contributed by atoms with van der Waals surface area (Å²) in [5.74, 6) is -3.94. The maximum atomic E-state index is 13.5. The van der Waals surface area contributed by atoms with Crippen LogP contribution < -0.4 is 15.8 Å². The number of methoxy groups -OCH3 is 2. The van der Waals surface area contributed by atoms with Crippen molar-refractivity contribution in [2.24, 2.45) is 0 Å². The van der Waals surface area contributed by atoms with E-state index in [1.165, 1.54) is 31.4 Å². The number of nitrogen functional groups attached to an aromatic ring is 1. The van der Waals surface area contributed by atoms with E-state index < -0.39 is 11.9 Å². The van der Waals surface area contributed by atoms with Crippen molar-refractivity contribution in [2.75, 3.05) is 39.6 Å². The molecule has 3 aromatic rings. The van der Waals surface area contributed by atoms with Crippen LogP contribution in [0, 0.1) is 11.6 Å². The quantitative estimate of drug-likeness (QED) is 0.195. The monoisotopic (exact) mass is 613 g/mol. The van der Waals surface area contributed by atoms with E-state index in [2.05, 4.69) is 10.2 Å². The molecule has 4 rings (SSSR count). The van der Waals surface area contributed by atoms with E-state index in [0.29, 0.717) is 23.5 Å². The second kappa shape index (κ2) is 16.3. The molecular weight excluding hydrogens is 576 g/mol. The predicted octanol–water partition coefficient (Wildman–Crippen LogP) is 4.14. The van der Waals surface area contributed by atoms with Crippen LogP contribution in [0.2, 0.25) is 0 Å². The fraction of sp³-hybridized carbons (Fsp3) is 0.344. The molecule has 1 saturated heterocycles. The number of benzene rings is 3. The first-order valence-electron chi connectivity index (χ1n) is 14.0. The van der Waals surface area contributed by atoms with Crippen LogP contribution in [0.3, 0.4) is 0 Å². The minimum atomic E-state index is -1.82. The summed E-state index contributed by atoms with van der Waals surface area (Å²) in [6.07, 6.45) is 2.33. The lowest BCUT2D eigenvalue weighted by Gasteiger charge is -2.38. The van der Waals surface area contributed by atoms with E-state index in [0.717, 1.165) is 43.5 Å². The van der Waals surface area contributed by atoms with E-state index in [1.54, 1.807) is 49.6 Å². The molecule has 3 aromatic carbocycles. The summed E-state index contributed by atoms with van der Waals surface area (Å²) < 4.78 is 38.1. The number of carbonyl (C=O) groups excluding carboxylic acids is 1. The molecule has 0 bridgehead atoms. The zero-order valence-electron chi connectivity index (χ0n) is 24.5. The number of halogens is 2. The fourth-order valence-corrected chi connectivity index (χ4v) is 5.16. The molecule has 0 saturated carbocycles. The maximum Gasteiger partial charge on any atom is 0.414 e. The summed E-state index contributed by atoms with van der Waals surface area (Å²) in [7, 11) is 3.18. The standard InChI is InChI=1S/C30H35F2N3O3.C2H2O4/c1-37-28-18-24(33)13-14-26(28)30(36)34-27-15-17-35(19-29(27)38-2)16-3-4-25(20-5-9-22(31)10-6-20)21-7-11-23(32)12-8-21;3-1(4)2(5)6/h5-14,18,25,27,29H,3-4,15-17,19,33H2,1-2H3,(H,34,36);(H,3,4)(H,5,6)/t27-,29+;/m0./s1. The third-order valence-electron chi connectivity index (χ3n) is 7.43. The number of carboxylic acid groups (broad SMARTS) is 2. The van der Waals surface area contributed by atoms with Crippen molar-refractivity contribution in [3.05, 3.63) is 95.1 Å². The Morgan fingerprint density at radius 3 is 2.02 bits per heavy atom. The Hall–Kier alpha value is -4.55. The van der Waals surface area contributed by atoms with Gasteiger partial charge in [0, 0.05) is 37.9 Å². The van der Waals surface area contributed by atoms with Gasteiger partial charge in [-0.25, -0.2) is 18.4 Å². The van der Waals surface area contributed by atoms with Crippen LogP contribution in [-0.4, -0.2) is 79.0 Å². The molecule has 5 N–H and O–H groups in total. The SMILES string of the molecule is COc1cc(N)ccc1C(=O)N[C@H]1CCN(CCCC(c2ccc(F)cc2)c2ccc(F)cc2)C[C@H]1OC.O=C(O)C(=O)O. The molecule has 0 aromatic heterocycles. The van der Waals surface area contributed by atoms with Crippen LogP contribution >= 0.6 is 0 Å². The molecule has 0 unspecified atom stereocenters. The summed E-state index contributed by atoms with van der Waals surface area (Å²) >= 11 is 0. The molecule has 1 amide bonds. The molecule has 1 fully saturated rings. The van der Waals surface area contributed by atoms with Crippen molar-refractivity contribution in [2.45, 2.75) is 37.3 Å². The van der Waals surface area contributed by atoms with Gasteiger partial charge in [-0.05, 0) is 73.3 Å². The molecule has 0 spiro atoms. The Morgan fingerprint density at radius 1 is 0.955 bits per heavy atom. The van der Waals surface area contributed by atoms with Gasteiger partial charge in [-0.1, -0.05) is 24.3 Å². The molecule has 1 aliphatic rings. The maximum absolute atomic E-state index is 13.5. The topological polar surface area (TPSA) is 151 Å². The number of carboxylic acids is 2. The average molecular weight is 614 g/mol. The first-order valence-corrected chi connectivity index (χ1v) is 14.0. The number of ether oxygens (including phenoxy) is 2. The number of carbonyl (C=O) groups is 3. The number of nitrogens with one attached hydrogen (secondary N) is 1. The molecular formula is C32H37F2N3O7. The Morgan fingerprint density at radius 2 is 1.52 bits per heavy atom. The molecule has 10 nitrogen and oxygen atoms in total. The van der Waals surface area contributed by atoms with E-state index in [4.69, 9.17) is 35.0 Å². The number of nitrogens with two attached hydrogens (primary N) is 1. The number of hydrogen-bond acceptors (Lipinski definition) is 7. The normalized spacial score (nSPS) is 16.5. The van der Waals surface area contributed by atoms with Gasteiger partial charge in [0.05, 0.1) is 24.8 Å². The van der Waals surface area contributed by atoms with Gasteiger partial charge in [-0.3, -0.25) is 4.79 Å². The first-order chi connectivity index (χ1) is 21.0. The molecule has 1 aliphatic heterocycles. The van der Waals surface area contributed by atoms with Crippen molar-refractivity contribution < 1.29 is 42.9 Å². The number of rotatable bonds is 10. The van der Waals surface area contributed by atoms with Crippen LogP contribution in [0.5, 0.6) is 5.75 Å². The Balaban J connectivity index is 0.000000801. The Labute approximate surface area is 254 Å². The largest absolute Gasteiger partial charge is 0.496 e. The highest BCUT2D eigenvalue weighted by molar-refractivity contribution is 6.27. The van der Waals surface area contributed by atoms with Gasteiger partial charge >= 0.3 is 11.9 Å². The fourth-order valence-electron chi connectivity index (χ4n) is 5.16. The minimum absolute atomic E-state index is 0.0427. The van der Waals surface area contributed by atoms with E-state index in [-0.39, 0.29) is 35.6 Å². The van der Waals surface area contributed by atoms with Gasteiger partial charge in [-0.2, -0.15) is 0 Å². The number of likely N-dealkylation sites (tertiary alicyclic amines) is 1. The van der Waals surface area contributed by atoms with Gasteiger partial charge in [0.2, 0.25) is 0 Å². The van der Waals surface area contributed by atoms with Crippen LogP contribution in [0.15, 0.2) is 66.7 Å². The molecule has 0 radical (unpaired) electrons. The summed E-state index contributed by atoms with van der Waals surface area (Å²) in [5.41, 5.74) is 8.80. The second-order valence-corrected chi connectivity index (χ2v) is 10.3. The summed E-state index contributed by atoms with van der Waals surface area (Å²) in [6.45, 7) is 2.37. The second-order valence-electron chi connectivity index (χ2n) is 10.3. The smallest absolute Gasteiger partial charge is 0.414 e. The number of piperidine rings is 1. The highest BCUT2D eigenvalue weighted by Crippen LogP contribution is 2.30. The van der Waals surface area contributed by atoms with Crippen LogP contribution in [0.4, 0.5) is 14.5 Å². The lowest BCUT2D eigenvalue weighted by molar-refractivity contribution is -0.159. The van der Waals surface area contributed by atoms with Gasteiger partial charge in [-0.15, -0.1) is 0 Å². The van der Waals surface area contributed by atoms with Crippen molar-refractivity contribution in [1.82, 2.24) is 10.2 Å². The number of anilines is 1. The molecule has 1 heterocycles. The van der Waals surface area contributed by atoms with Gasteiger partial charge in [0.15, 0.2) is 0 Å². The summed E-state index contributed by atoms with van der Waals surface area (Å²) in [5, 5.41) is 17.9. The first kappa shape index (κ1) is 33.9. The highest BCUT2D eigenvalue weighted by atomic mass is 19.1. The van der Waals surface area contributed by atoms with Crippen molar-refractivity contribution >= 4 is 23.5 Å². The third-order valence-corrected chi connectivity index (χ3v) is 7.43. The van der Waals surface area contributed by atoms with Gasteiger partial charge < -0.3 is 35.6 Å². The van der Waals surface area contributed by atoms with Crippen molar-refractivity contribution in [1.29, 1.82) is 0 Å². The third kappa shape index (κ3) is 9.75.